The highest BCUT2D eigenvalue weighted by Crippen LogP contribution is 2.29. The Morgan fingerprint density at radius 2 is 1.66 bits per heavy atom. The van der Waals surface area contributed by atoms with Crippen LogP contribution < -0.4 is 5.32 Å². The molecule has 2 amide bonds. The quantitative estimate of drug-likeness (QED) is 0.528. The van der Waals surface area contributed by atoms with Gasteiger partial charge in [-0.1, -0.05) is 48.0 Å². The van der Waals surface area contributed by atoms with Gasteiger partial charge in [-0.15, -0.1) is 0 Å². The summed E-state index contributed by atoms with van der Waals surface area (Å²) >= 11 is 6.49. The molecule has 1 atom stereocenters. The Balaban J connectivity index is 1.12. The first-order valence-corrected chi connectivity index (χ1v) is 12.8. The zero-order chi connectivity index (χ0) is 24.2. The fourth-order valence-corrected chi connectivity index (χ4v) is 5.43. The number of fused-ring (bicyclic) bond motifs is 1. The van der Waals surface area contributed by atoms with Crippen molar-refractivity contribution in [2.75, 3.05) is 52.4 Å². The molecule has 0 spiro atoms. The summed E-state index contributed by atoms with van der Waals surface area (Å²) < 4.78 is 0. The smallest absolute Gasteiger partial charge is 0.270 e. The van der Waals surface area contributed by atoms with Crippen LogP contribution in [-0.4, -0.2) is 83.9 Å². The van der Waals surface area contributed by atoms with E-state index in [9.17, 15) is 9.59 Å². The van der Waals surface area contributed by atoms with E-state index >= 15 is 0 Å². The first kappa shape index (κ1) is 23.9. The zero-order valence-electron chi connectivity index (χ0n) is 19.9. The lowest BCUT2D eigenvalue weighted by Gasteiger charge is -2.34. The van der Waals surface area contributed by atoms with E-state index in [1.807, 2.05) is 53.4 Å². The van der Waals surface area contributed by atoms with E-state index in [0.29, 0.717) is 45.0 Å². The summed E-state index contributed by atoms with van der Waals surface area (Å²) in [5.41, 5.74) is 2.65. The number of aromatic nitrogens is 1. The monoisotopic (exact) mass is 493 g/mol. The molecule has 2 fully saturated rings. The number of amides is 2. The second-order valence-electron chi connectivity index (χ2n) is 9.42. The van der Waals surface area contributed by atoms with Gasteiger partial charge in [0.2, 0.25) is 5.91 Å². The maximum absolute atomic E-state index is 12.9. The van der Waals surface area contributed by atoms with Crippen molar-refractivity contribution in [1.82, 2.24) is 25.0 Å². The summed E-state index contributed by atoms with van der Waals surface area (Å²) in [5.74, 6) is 0.0233. The Morgan fingerprint density at radius 3 is 2.40 bits per heavy atom. The molecule has 3 heterocycles. The molecule has 184 valence electrons. The third-order valence-corrected chi connectivity index (χ3v) is 7.47. The average Bonchev–Trinajstić information content (AvgIpc) is 3.56. The Hall–Kier alpha value is -2.87. The molecular formula is C27H32ClN5O2. The molecule has 2 saturated heterocycles. The van der Waals surface area contributed by atoms with Crippen molar-refractivity contribution in [3.05, 3.63) is 70.9 Å². The third-order valence-electron chi connectivity index (χ3n) is 7.13. The van der Waals surface area contributed by atoms with E-state index in [1.54, 1.807) is 0 Å². The summed E-state index contributed by atoms with van der Waals surface area (Å²) in [6, 6.07) is 17.8. The molecule has 7 nitrogen and oxygen atoms in total. The Morgan fingerprint density at radius 1 is 0.943 bits per heavy atom. The Bertz CT molecular complexity index is 1150. The number of piperazine rings is 1. The molecule has 3 aromatic rings. The normalized spacial score (nSPS) is 18.1. The van der Waals surface area contributed by atoms with Gasteiger partial charge in [0.25, 0.3) is 5.91 Å². The molecule has 0 bridgehead atoms. The molecule has 0 radical (unpaired) electrons. The largest absolute Gasteiger partial charge is 0.353 e. The highest BCUT2D eigenvalue weighted by Gasteiger charge is 2.27. The molecule has 1 aromatic heterocycles. The van der Waals surface area contributed by atoms with Crippen LogP contribution >= 0.6 is 11.6 Å². The molecule has 2 aliphatic heterocycles. The van der Waals surface area contributed by atoms with Gasteiger partial charge in [-0.3, -0.25) is 19.4 Å². The number of nitrogens with one attached hydrogen (secondary N) is 2. The summed E-state index contributed by atoms with van der Waals surface area (Å²) in [6.45, 7) is 5.51. The van der Waals surface area contributed by atoms with Crippen LogP contribution in [0.15, 0.2) is 54.6 Å². The number of aromatic amines is 1. The third kappa shape index (κ3) is 5.53. The van der Waals surface area contributed by atoms with E-state index in [-0.39, 0.29) is 17.9 Å². The minimum Gasteiger partial charge on any atom is -0.353 e. The van der Waals surface area contributed by atoms with Crippen LogP contribution in [0.25, 0.3) is 10.9 Å². The number of benzene rings is 2. The number of para-hydroxylation sites is 1. The number of likely N-dealkylation sites (tertiary alicyclic amines) is 1. The van der Waals surface area contributed by atoms with Crippen LogP contribution in [0.1, 0.15) is 34.9 Å². The first-order valence-electron chi connectivity index (χ1n) is 12.4. The molecule has 0 saturated carbocycles. The van der Waals surface area contributed by atoms with Crippen LogP contribution in [0, 0.1) is 0 Å². The highest BCUT2D eigenvalue weighted by atomic mass is 35.5. The topological polar surface area (TPSA) is 71.7 Å². The van der Waals surface area contributed by atoms with E-state index in [4.69, 9.17) is 11.6 Å². The second kappa shape index (κ2) is 10.8. The molecule has 0 aliphatic carbocycles. The maximum atomic E-state index is 12.9. The van der Waals surface area contributed by atoms with E-state index in [0.717, 1.165) is 34.6 Å². The molecular weight excluding hydrogens is 462 g/mol. The van der Waals surface area contributed by atoms with Crippen molar-refractivity contribution in [2.24, 2.45) is 0 Å². The number of halogens is 1. The molecule has 5 rings (SSSR count). The summed E-state index contributed by atoms with van der Waals surface area (Å²) in [6.07, 6.45) is 2.35. The van der Waals surface area contributed by atoms with Crippen LogP contribution in [-0.2, 0) is 4.79 Å². The van der Waals surface area contributed by atoms with Crippen molar-refractivity contribution < 1.29 is 9.59 Å². The molecule has 1 unspecified atom stereocenters. The Labute approximate surface area is 211 Å². The van der Waals surface area contributed by atoms with E-state index in [1.165, 1.54) is 12.8 Å². The fourth-order valence-electron chi connectivity index (χ4n) is 5.17. The number of nitrogens with zero attached hydrogens (tertiary/aromatic N) is 3. The van der Waals surface area contributed by atoms with Crippen LogP contribution in [0.4, 0.5) is 0 Å². The minimum absolute atomic E-state index is 0.0108. The van der Waals surface area contributed by atoms with Gasteiger partial charge in [0, 0.05) is 48.6 Å². The number of H-pyrrole nitrogens is 1. The summed E-state index contributed by atoms with van der Waals surface area (Å²) in [4.78, 5) is 35.3. The second-order valence-corrected chi connectivity index (χ2v) is 9.83. The minimum atomic E-state index is 0.0108. The van der Waals surface area contributed by atoms with Gasteiger partial charge in [0.1, 0.15) is 5.69 Å². The van der Waals surface area contributed by atoms with Crippen molar-refractivity contribution in [3.63, 3.8) is 0 Å². The predicted octanol–water partition coefficient (Wildman–Crippen LogP) is 3.53. The zero-order valence-corrected chi connectivity index (χ0v) is 20.6. The summed E-state index contributed by atoms with van der Waals surface area (Å²) in [7, 11) is 0. The number of carbonyl (C=O) groups is 2. The van der Waals surface area contributed by atoms with Gasteiger partial charge in [-0.25, -0.2) is 0 Å². The lowest BCUT2D eigenvalue weighted by molar-refractivity contribution is -0.122. The van der Waals surface area contributed by atoms with Gasteiger partial charge >= 0.3 is 0 Å². The van der Waals surface area contributed by atoms with E-state index in [2.05, 4.69) is 26.2 Å². The van der Waals surface area contributed by atoms with Crippen molar-refractivity contribution >= 4 is 34.3 Å². The Kier molecular flexibility index (Phi) is 7.37. The first-order chi connectivity index (χ1) is 17.1. The molecule has 2 N–H and O–H groups in total. The number of hydrogen-bond donors (Lipinski definition) is 2. The van der Waals surface area contributed by atoms with Crippen LogP contribution in [0.3, 0.4) is 0 Å². The van der Waals surface area contributed by atoms with Gasteiger partial charge in [-0.05, 0) is 49.7 Å². The standard InChI is InChI=1S/C27H32ClN5O2/c28-22-9-3-2-8-21(22)25(32-11-5-6-12-32)18-29-26(34)19-31-13-15-33(16-14-31)27(35)24-17-20-7-1-4-10-23(20)30-24/h1-4,7-10,17,25,30H,5-6,11-16,18-19H2,(H,29,34). The van der Waals surface area contributed by atoms with Gasteiger partial charge in [-0.2, -0.15) is 0 Å². The van der Waals surface area contributed by atoms with Gasteiger partial charge in [0.15, 0.2) is 0 Å². The predicted molar refractivity (Wildman–Crippen MR) is 139 cm³/mol. The highest BCUT2D eigenvalue weighted by molar-refractivity contribution is 6.31. The van der Waals surface area contributed by atoms with Crippen LogP contribution in [0.5, 0.6) is 0 Å². The fraction of sp³-hybridized carbons (Fsp3) is 0.407. The molecule has 2 aromatic carbocycles. The SMILES string of the molecule is O=C(CN1CCN(C(=O)c2cc3ccccc3[nH]2)CC1)NCC(c1ccccc1Cl)N1CCCC1. The van der Waals surface area contributed by atoms with Crippen molar-refractivity contribution in [3.8, 4) is 0 Å². The summed E-state index contributed by atoms with van der Waals surface area (Å²) in [5, 5.41) is 4.92. The molecule has 35 heavy (non-hydrogen) atoms. The van der Waals surface area contributed by atoms with Crippen molar-refractivity contribution in [2.45, 2.75) is 18.9 Å². The molecule has 8 heteroatoms. The van der Waals surface area contributed by atoms with Gasteiger partial charge < -0.3 is 15.2 Å². The lowest BCUT2D eigenvalue weighted by Crippen LogP contribution is -2.51. The van der Waals surface area contributed by atoms with Crippen LogP contribution in [0.2, 0.25) is 5.02 Å². The number of hydrogen-bond acceptors (Lipinski definition) is 4. The maximum Gasteiger partial charge on any atom is 0.270 e. The average molecular weight is 494 g/mol. The number of rotatable bonds is 7. The molecule has 2 aliphatic rings. The van der Waals surface area contributed by atoms with Crippen molar-refractivity contribution in [1.29, 1.82) is 0 Å². The van der Waals surface area contributed by atoms with Gasteiger partial charge in [0.05, 0.1) is 12.6 Å². The van der Waals surface area contributed by atoms with E-state index < -0.39 is 0 Å². The number of carbonyl (C=O) groups excluding carboxylic acids is 2. The lowest BCUT2D eigenvalue weighted by atomic mass is 10.1.